The Bertz CT molecular complexity index is 511. The summed E-state index contributed by atoms with van der Waals surface area (Å²) in [4.78, 5) is 19.7. The molecule has 0 spiro atoms. The smallest absolute Gasteiger partial charge is 0.236 e. The van der Waals surface area contributed by atoms with Crippen LogP contribution in [0.15, 0.2) is 30.3 Å². The third kappa shape index (κ3) is 4.58. The first-order valence-electron chi connectivity index (χ1n) is 9.54. The van der Waals surface area contributed by atoms with E-state index in [-0.39, 0.29) is 0 Å². The van der Waals surface area contributed by atoms with Crippen LogP contribution >= 0.6 is 0 Å². The third-order valence-corrected chi connectivity index (χ3v) is 5.49. The molecule has 0 bridgehead atoms. The topological polar surface area (TPSA) is 26.8 Å². The number of likely N-dealkylation sites (tertiary alicyclic amines) is 1. The van der Waals surface area contributed by atoms with Crippen LogP contribution in [0, 0.1) is 0 Å². The lowest BCUT2D eigenvalue weighted by Crippen LogP contribution is -2.52. The van der Waals surface area contributed by atoms with E-state index in [4.69, 9.17) is 0 Å². The first kappa shape index (κ1) is 17.4. The van der Waals surface area contributed by atoms with Gasteiger partial charge in [-0.1, -0.05) is 37.3 Å². The van der Waals surface area contributed by atoms with E-state index in [1.807, 2.05) is 0 Å². The van der Waals surface area contributed by atoms with Crippen molar-refractivity contribution in [2.24, 2.45) is 0 Å². The first-order chi connectivity index (χ1) is 11.8. The minimum atomic E-state index is 0.345. The molecule has 2 heterocycles. The molecule has 2 aliphatic rings. The van der Waals surface area contributed by atoms with Gasteiger partial charge in [0.15, 0.2) is 0 Å². The van der Waals surface area contributed by atoms with E-state index in [2.05, 4.69) is 52.0 Å². The molecule has 0 N–H and O–H groups in total. The maximum absolute atomic E-state index is 12.7. The molecule has 3 rings (SSSR count). The Morgan fingerprint density at radius 2 is 1.71 bits per heavy atom. The van der Waals surface area contributed by atoms with E-state index in [9.17, 15) is 4.79 Å². The van der Waals surface area contributed by atoms with Crippen LogP contribution in [-0.2, 0) is 11.3 Å². The average molecular weight is 329 g/mol. The second-order valence-corrected chi connectivity index (χ2v) is 7.18. The second kappa shape index (κ2) is 8.63. The van der Waals surface area contributed by atoms with Crippen molar-refractivity contribution < 1.29 is 4.79 Å². The summed E-state index contributed by atoms with van der Waals surface area (Å²) in [6, 6.07) is 11.1. The van der Waals surface area contributed by atoms with Gasteiger partial charge in [0, 0.05) is 45.3 Å². The predicted molar refractivity (Wildman–Crippen MR) is 97.8 cm³/mol. The summed E-state index contributed by atoms with van der Waals surface area (Å²) in [6.07, 6.45) is 4.73. The standard InChI is InChI=1S/C20H31N3O/c1-2-19-10-6-7-11-23(19)20(24)17-22-14-12-21(13-15-22)16-18-8-4-3-5-9-18/h3-5,8-9,19H,2,6-7,10-17H2,1H3. The molecule has 0 radical (unpaired) electrons. The zero-order valence-corrected chi connectivity index (χ0v) is 15.0. The van der Waals surface area contributed by atoms with Gasteiger partial charge in [0.25, 0.3) is 0 Å². The highest BCUT2D eigenvalue weighted by Gasteiger charge is 2.27. The Hall–Kier alpha value is -1.39. The van der Waals surface area contributed by atoms with Gasteiger partial charge in [-0.2, -0.15) is 0 Å². The molecule has 132 valence electrons. The largest absolute Gasteiger partial charge is 0.339 e. The molecule has 1 aromatic carbocycles. The monoisotopic (exact) mass is 329 g/mol. The van der Waals surface area contributed by atoms with Gasteiger partial charge in [0.1, 0.15) is 0 Å². The number of carbonyl (C=O) groups excluding carboxylic acids is 1. The van der Waals surface area contributed by atoms with Gasteiger partial charge in [-0.3, -0.25) is 14.6 Å². The van der Waals surface area contributed by atoms with Crippen molar-refractivity contribution in [3.63, 3.8) is 0 Å². The summed E-state index contributed by atoms with van der Waals surface area (Å²) in [7, 11) is 0. The van der Waals surface area contributed by atoms with Crippen molar-refractivity contribution in [2.45, 2.75) is 45.2 Å². The van der Waals surface area contributed by atoms with Gasteiger partial charge in [0.05, 0.1) is 6.54 Å². The van der Waals surface area contributed by atoms with Crippen LogP contribution in [0.2, 0.25) is 0 Å². The van der Waals surface area contributed by atoms with Gasteiger partial charge < -0.3 is 4.90 Å². The fraction of sp³-hybridized carbons (Fsp3) is 0.650. The Labute approximate surface area is 146 Å². The van der Waals surface area contributed by atoms with E-state index >= 15 is 0 Å². The lowest BCUT2D eigenvalue weighted by molar-refractivity contribution is -0.136. The Morgan fingerprint density at radius 3 is 2.42 bits per heavy atom. The number of hydrogen-bond donors (Lipinski definition) is 0. The van der Waals surface area contributed by atoms with E-state index in [0.29, 0.717) is 18.5 Å². The molecule has 1 aromatic rings. The molecule has 4 heteroatoms. The number of hydrogen-bond acceptors (Lipinski definition) is 3. The number of piperidine rings is 1. The molecule has 4 nitrogen and oxygen atoms in total. The predicted octanol–water partition coefficient (Wildman–Crippen LogP) is 2.60. The van der Waals surface area contributed by atoms with Gasteiger partial charge in [-0.15, -0.1) is 0 Å². The minimum absolute atomic E-state index is 0.345. The van der Waals surface area contributed by atoms with E-state index < -0.39 is 0 Å². The van der Waals surface area contributed by atoms with Crippen LogP contribution < -0.4 is 0 Å². The molecule has 1 amide bonds. The highest BCUT2D eigenvalue weighted by Crippen LogP contribution is 2.20. The Morgan fingerprint density at radius 1 is 1.00 bits per heavy atom. The molecule has 2 fully saturated rings. The first-order valence-corrected chi connectivity index (χ1v) is 9.54. The minimum Gasteiger partial charge on any atom is -0.339 e. The number of carbonyl (C=O) groups is 1. The number of amides is 1. The zero-order valence-electron chi connectivity index (χ0n) is 15.0. The van der Waals surface area contributed by atoms with Gasteiger partial charge >= 0.3 is 0 Å². The van der Waals surface area contributed by atoms with Crippen LogP contribution in [0.25, 0.3) is 0 Å². The molecule has 0 aliphatic carbocycles. The van der Waals surface area contributed by atoms with Crippen LogP contribution in [0.5, 0.6) is 0 Å². The number of rotatable bonds is 5. The molecule has 2 aliphatic heterocycles. The van der Waals surface area contributed by atoms with Crippen molar-refractivity contribution in [3.05, 3.63) is 35.9 Å². The Balaban J connectivity index is 1.44. The summed E-state index contributed by atoms with van der Waals surface area (Å²) in [6.45, 7) is 8.91. The average Bonchev–Trinajstić information content (AvgIpc) is 2.64. The van der Waals surface area contributed by atoms with E-state index in [1.54, 1.807) is 0 Å². The molecule has 0 aromatic heterocycles. The number of nitrogens with zero attached hydrogens (tertiary/aromatic N) is 3. The summed E-state index contributed by atoms with van der Waals surface area (Å²) in [5.74, 6) is 0.345. The lowest BCUT2D eigenvalue weighted by atomic mass is 10.00. The quantitative estimate of drug-likeness (QED) is 0.831. The molecular formula is C20H31N3O. The molecular weight excluding hydrogens is 298 g/mol. The van der Waals surface area contributed by atoms with Crippen LogP contribution in [0.1, 0.15) is 38.2 Å². The fourth-order valence-electron chi connectivity index (χ4n) is 3.98. The molecule has 1 atom stereocenters. The maximum atomic E-state index is 12.7. The van der Waals surface area contributed by atoms with Crippen LogP contribution in [0.4, 0.5) is 0 Å². The summed E-state index contributed by atoms with van der Waals surface area (Å²) < 4.78 is 0. The van der Waals surface area contributed by atoms with Crippen molar-refractivity contribution in [2.75, 3.05) is 39.3 Å². The van der Waals surface area contributed by atoms with E-state index in [1.165, 1.54) is 24.8 Å². The van der Waals surface area contributed by atoms with Crippen molar-refractivity contribution in [1.29, 1.82) is 0 Å². The highest BCUT2D eigenvalue weighted by molar-refractivity contribution is 5.78. The molecule has 0 saturated carbocycles. The second-order valence-electron chi connectivity index (χ2n) is 7.18. The highest BCUT2D eigenvalue weighted by atomic mass is 16.2. The van der Waals surface area contributed by atoms with E-state index in [0.717, 1.165) is 45.7 Å². The molecule has 2 saturated heterocycles. The fourth-order valence-corrected chi connectivity index (χ4v) is 3.98. The van der Waals surface area contributed by atoms with Crippen molar-refractivity contribution in [3.8, 4) is 0 Å². The van der Waals surface area contributed by atoms with Crippen LogP contribution in [-0.4, -0.2) is 65.9 Å². The number of benzene rings is 1. The maximum Gasteiger partial charge on any atom is 0.236 e. The normalized spacial score (nSPS) is 23.4. The summed E-state index contributed by atoms with van der Waals surface area (Å²) in [5, 5.41) is 0. The number of piperazine rings is 1. The van der Waals surface area contributed by atoms with Crippen molar-refractivity contribution >= 4 is 5.91 Å². The lowest BCUT2D eigenvalue weighted by Gasteiger charge is -2.39. The SMILES string of the molecule is CCC1CCCCN1C(=O)CN1CCN(Cc2ccccc2)CC1. The zero-order chi connectivity index (χ0) is 16.8. The van der Waals surface area contributed by atoms with Crippen LogP contribution in [0.3, 0.4) is 0 Å². The summed E-state index contributed by atoms with van der Waals surface area (Å²) >= 11 is 0. The van der Waals surface area contributed by atoms with Gasteiger partial charge in [-0.25, -0.2) is 0 Å². The van der Waals surface area contributed by atoms with Gasteiger partial charge in [0.2, 0.25) is 5.91 Å². The molecule has 24 heavy (non-hydrogen) atoms. The third-order valence-electron chi connectivity index (χ3n) is 5.49. The molecule has 1 unspecified atom stereocenters. The van der Waals surface area contributed by atoms with Gasteiger partial charge in [-0.05, 0) is 31.2 Å². The van der Waals surface area contributed by atoms with Crippen molar-refractivity contribution in [1.82, 2.24) is 14.7 Å². The Kier molecular flexibility index (Phi) is 6.27. The summed E-state index contributed by atoms with van der Waals surface area (Å²) in [5.41, 5.74) is 1.38.